The van der Waals surface area contributed by atoms with E-state index in [1.54, 1.807) is 28.4 Å². The van der Waals surface area contributed by atoms with Crippen LogP contribution in [0, 0.1) is 0 Å². The van der Waals surface area contributed by atoms with E-state index in [0.29, 0.717) is 30.3 Å². The quantitative estimate of drug-likeness (QED) is 0.655. The third-order valence-corrected chi connectivity index (χ3v) is 5.39. The second-order valence-electron chi connectivity index (χ2n) is 7.27. The van der Waals surface area contributed by atoms with Crippen molar-refractivity contribution in [2.24, 2.45) is 0 Å². The summed E-state index contributed by atoms with van der Waals surface area (Å²) in [6.45, 7) is 4.20. The third-order valence-electron chi connectivity index (χ3n) is 5.39. The van der Waals surface area contributed by atoms with Gasteiger partial charge < -0.3 is 29.2 Å². The Bertz CT molecular complexity index is 839. The number of nitrogens with zero attached hydrogens (tertiary/aromatic N) is 2. The Balaban J connectivity index is 1.48. The summed E-state index contributed by atoms with van der Waals surface area (Å²) in [5.74, 6) is 2.52. The third kappa shape index (κ3) is 5.73. The van der Waals surface area contributed by atoms with Crippen LogP contribution in [0.1, 0.15) is 5.56 Å². The monoisotopic (exact) mass is 429 g/mol. The van der Waals surface area contributed by atoms with E-state index in [9.17, 15) is 4.79 Å². The first-order valence-corrected chi connectivity index (χ1v) is 10.2. The molecule has 1 N–H and O–H groups in total. The summed E-state index contributed by atoms with van der Waals surface area (Å²) in [4.78, 5) is 17.0. The maximum Gasteiger partial charge on any atom is 0.234 e. The Kier molecular flexibility index (Phi) is 7.83. The predicted octanol–water partition coefficient (Wildman–Crippen LogP) is 2.16. The van der Waals surface area contributed by atoms with Gasteiger partial charge >= 0.3 is 0 Å². The molecule has 0 saturated carbocycles. The SMILES string of the molecule is COc1ccc(N2CCN(CC(=O)NCc3cc(OC)c(OC)c(OC)c3)CC2)cc1. The molecule has 0 spiro atoms. The molecule has 31 heavy (non-hydrogen) atoms. The zero-order valence-electron chi connectivity index (χ0n) is 18.6. The normalized spacial score (nSPS) is 14.1. The molecule has 1 fully saturated rings. The predicted molar refractivity (Wildman–Crippen MR) is 120 cm³/mol. The standard InChI is InChI=1S/C23H31N3O5/c1-28-19-7-5-18(6-8-19)26-11-9-25(10-12-26)16-22(27)24-15-17-13-20(29-2)23(31-4)21(14-17)30-3/h5-8,13-14H,9-12,15-16H2,1-4H3,(H,24,27). The largest absolute Gasteiger partial charge is 0.497 e. The number of carbonyl (C=O) groups excluding carboxylic acids is 1. The Morgan fingerprint density at radius 3 is 2.00 bits per heavy atom. The average molecular weight is 430 g/mol. The zero-order chi connectivity index (χ0) is 22.2. The summed E-state index contributed by atoms with van der Waals surface area (Å²) in [7, 11) is 6.38. The second-order valence-corrected chi connectivity index (χ2v) is 7.27. The van der Waals surface area contributed by atoms with Gasteiger partial charge in [0.15, 0.2) is 11.5 Å². The molecule has 0 unspecified atom stereocenters. The van der Waals surface area contributed by atoms with Crippen LogP contribution >= 0.6 is 0 Å². The molecule has 0 aromatic heterocycles. The average Bonchev–Trinajstić information content (AvgIpc) is 2.82. The van der Waals surface area contributed by atoms with Crippen LogP contribution < -0.4 is 29.2 Å². The molecule has 1 amide bonds. The molecule has 0 bridgehead atoms. The minimum absolute atomic E-state index is 0.00773. The van der Waals surface area contributed by atoms with Crippen molar-refractivity contribution in [3.63, 3.8) is 0 Å². The van der Waals surface area contributed by atoms with Gasteiger partial charge in [-0.1, -0.05) is 0 Å². The highest BCUT2D eigenvalue weighted by atomic mass is 16.5. The number of anilines is 1. The number of hydrogen-bond acceptors (Lipinski definition) is 7. The number of piperazine rings is 1. The number of benzene rings is 2. The van der Waals surface area contributed by atoms with E-state index in [4.69, 9.17) is 18.9 Å². The molecular weight excluding hydrogens is 398 g/mol. The molecular formula is C23H31N3O5. The summed E-state index contributed by atoms with van der Waals surface area (Å²) in [5, 5.41) is 2.98. The van der Waals surface area contributed by atoms with Crippen molar-refractivity contribution in [1.82, 2.24) is 10.2 Å². The molecule has 8 heteroatoms. The lowest BCUT2D eigenvalue weighted by molar-refractivity contribution is -0.122. The highest BCUT2D eigenvalue weighted by Crippen LogP contribution is 2.38. The molecule has 8 nitrogen and oxygen atoms in total. The van der Waals surface area contributed by atoms with Gasteiger partial charge in [-0.15, -0.1) is 0 Å². The van der Waals surface area contributed by atoms with Gasteiger partial charge in [0.1, 0.15) is 5.75 Å². The lowest BCUT2D eigenvalue weighted by Crippen LogP contribution is -2.49. The molecule has 1 heterocycles. The fourth-order valence-electron chi connectivity index (χ4n) is 3.65. The Morgan fingerprint density at radius 2 is 1.48 bits per heavy atom. The van der Waals surface area contributed by atoms with Gasteiger partial charge in [-0.3, -0.25) is 9.69 Å². The van der Waals surface area contributed by atoms with E-state index < -0.39 is 0 Å². The van der Waals surface area contributed by atoms with Gasteiger partial charge in [-0.05, 0) is 42.0 Å². The van der Waals surface area contributed by atoms with E-state index >= 15 is 0 Å². The molecule has 0 aliphatic carbocycles. The van der Waals surface area contributed by atoms with Gasteiger partial charge in [0.05, 0.1) is 35.0 Å². The van der Waals surface area contributed by atoms with Gasteiger partial charge in [-0.25, -0.2) is 0 Å². The number of rotatable bonds is 9. The Hall–Kier alpha value is -3.13. The number of amides is 1. The van der Waals surface area contributed by atoms with Crippen LogP contribution in [-0.2, 0) is 11.3 Å². The number of ether oxygens (including phenoxy) is 4. The van der Waals surface area contributed by atoms with E-state index in [1.807, 2.05) is 24.3 Å². The van der Waals surface area contributed by atoms with Crippen LogP contribution in [0.5, 0.6) is 23.0 Å². The summed E-state index contributed by atoms with van der Waals surface area (Å²) in [5.41, 5.74) is 2.06. The van der Waals surface area contributed by atoms with Crippen molar-refractivity contribution in [2.45, 2.75) is 6.54 Å². The number of carbonyl (C=O) groups is 1. The molecule has 1 aliphatic heterocycles. The molecule has 2 aromatic rings. The Labute approximate surface area is 183 Å². The van der Waals surface area contributed by atoms with Crippen LogP contribution in [0.3, 0.4) is 0 Å². The van der Waals surface area contributed by atoms with E-state index in [1.165, 1.54) is 5.69 Å². The van der Waals surface area contributed by atoms with Crippen molar-refractivity contribution in [1.29, 1.82) is 0 Å². The lowest BCUT2D eigenvalue weighted by Gasteiger charge is -2.35. The first-order valence-electron chi connectivity index (χ1n) is 10.2. The maximum atomic E-state index is 12.5. The van der Waals surface area contributed by atoms with Gasteiger partial charge in [0, 0.05) is 38.4 Å². The van der Waals surface area contributed by atoms with Crippen molar-refractivity contribution >= 4 is 11.6 Å². The Morgan fingerprint density at radius 1 is 0.871 bits per heavy atom. The molecule has 1 aliphatic rings. The summed E-state index contributed by atoms with van der Waals surface area (Å²) in [6.07, 6.45) is 0. The van der Waals surface area contributed by atoms with Gasteiger partial charge in [0.25, 0.3) is 0 Å². The first-order chi connectivity index (χ1) is 15.1. The topological polar surface area (TPSA) is 72.5 Å². The van der Waals surface area contributed by atoms with Crippen molar-refractivity contribution in [3.8, 4) is 23.0 Å². The van der Waals surface area contributed by atoms with E-state index in [-0.39, 0.29) is 5.91 Å². The van der Waals surface area contributed by atoms with Crippen LogP contribution in [0.2, 0.25) is 0 Å². The first kappa shape index (κ1) is 22.6. The summed E-state index contributed by atoms with van der Waals surface area (Å²) >= 11 is 0. The molecule has 3 rings (SSSR count). The second kappa shape index (κ2) is 10.8. The summed E-state index contributed by atoms with van der Waals surface area (Å²) in [6, 6.07) is 11.8. The van der Waals surface area contributed by atoms with Gasteiger partial charge in [-0.2, -0.15) is 0 Å². The van der Waals surface area contributed by atoms with E-state index in [0.717, 1.165) is 37.5 Å². The van der Waals surface area contributed by atoms with Crippen molar-refractivity contribution in [2.75, 3.05) is 66.1 Å². The molecule has 2 aromatic carbocycles. The number of methoxy groups -OCH3 is 4. The van der Waals surface area contributed by atoms with Crippen LogP contribution in [0.15, 0.2) is 36.4 Å². The van der Waals surface area contributed by atoms with Crippen molar-refractivity contribution in [3.05, 3.63) is 42.0 Å². The number of hydrogen-bond donors (Lipinski definition) is 1. The summed E-state index contributed by atoms with van der Waals surface area (Å²) < 4.78 is 21.3. The fourth-order valence-corrected chi connectivity index (χ4v) is 3.65. The zero-order valence-corrected chi connectivity index (χ0v) is 18.6. The molecule has 0 radical (unpaired) electrons. The minimum Gasteiger partial charge on any atom is -0.497 e. The van der Waals surface area contributed by atoms with Crippen LogP contribution in [0.4, 0.5) is 5.69 Å². The molecule has 1 saturated heterocycles. The molecule has 168 valence electrons. The van der Waals surface area contributed by atoms with Crippen molar-refractivity contribution < 1.29 is 23.7 Å². The van der Waals surface area contributed by atoms with Crippen LogP contribution in [-0.4, -0.2) is 72.0 Å². The van der Waals surface area contributed by atoms with Crippen LogP contribution in [0.25, 0.3) is 0 Å². The fraction of sp³-hybridized carbons (Fsp3) is 0.435. The minimum atomic E-state index is -0.00773. The van der Waals surface area contributed by atoms with E-state index in [2.05, 4.69) is 27.2 Å². The highest BCUT2D eigenvalue weighted by Gasteiger charge is 2.19. The smallest absolute Gasteiger partial charge is 0.234 e. The molecule has 0 atom stereocenters. The number of nitrogens with one attached hydrogen (secondary N) is 1. The maximum absolute atomic E-state index is 12.5. The van der Waals surface area contributed by atoms with Gasteiger partial charge in [0.2, 0.25) is 11.7 Å². The lowest BCUT2D eigenvalue weighted by atomic mass is 10.1. The highest BCUT2D eigenvalue weighted by molar-refractivity contribution is 5.78.